The molecule has 0 aromatic carbocycles. The lowest BCUT2D eigenvalue weighted by Gasteiger charge is -2.18. The molecule has 2 aromatic heterocycles. The standard InChI is InChI=1S/C14H25N11/c1-22(2)11-16-9(17-12(20-11)23(3)4)15-10-18-13(24(5)6)21-14(19-10)25(7)8/h1-8H3,(H,15,16,17,18,19,20,21). The molecule has 0 saturated carbocycles. The van der Waals surface area contributed by atoms with E-state index < -0.39 is 0 Å². The van der Waals surface area contributed by atoms with Crippen molar-refractivity contribution >= 4 is 35.7 Å². The predicted octanol–water partition coefficient (Wildman–Crippen LogP) is 0.0642. The highest BCUT2D eigenvalue weighted by molar-refractivity contribution is 5.53. The monoisotopic (exact) mass is 347 g/mol. The van der Waals surface area contributed by atoms with Gasteiger partial charge in [0.15, 0.2) is 0 Å². The Balaban J connectivity index is 2.44. The van der Waals surface area contributed by atoms with Crippen LogP contribution in [0, 0.1) is 0 Å². The molecule has 11 nitrogen and oxygen atoms in total. The number of hydrogen-bond donors (Lipinski definition) is 1. The fourth-order valence-electron chi connectivity index (χ4n) is 1.72. The first-order valence-corrected chi connectivity index (χ1v) is 7.66. The molecule has 2 aromatic rings. The number of anilines is 6. The quantitative estimate of drug-likeness (QED) is 0.767. The van der Waals surface area contributed by atoms with Crippen LogP contribution < -0.4 is 24.9 Å². The third-order valence-corrected chi connectivity index (χ3v) is 3.05. The van der Waals surface area contributed by atoms with Crippen LogP contribution in [0.4, 0.5) is 35.7 Å². The molecular weight excluding hydrogens is 322 g/mol. The van der Waals surface area contributed by atoms with Crippen molar-refractivity contribution in [2.75, 3.05) is 81.3 Å². The third kappa shape index (κ3) is 4.52. The van der Waals surface area contributed by atoms with Crippen molar-refractivity contribution in [1.82, 2.24) is 29.9 Å². The van der Waals surface area contributed by atoms with Gasteiger partial charge in [-0.1, -0.05) is 0 Å². The zero-order chi connectivity index (χ0) is 18.7. The van der Waals surface area contributed by atoms with Crippen molar-refractivity contribution in [3.05, 3.63) is 0 Å². The summed E-state index contributed by atoms with van der Waals surface area (Å²) < 4.78 is 0. The third-order valence-electron chi connectivity index (χ3n) is 3.05. The van der Waals surface area contributed by atoms with Crippen LogP contribution >= 0.6 is 0 Å². The van der Waals surface area contributed by atoms with Crippen molar-refractivity contribution in [2.45, 2.75) is 0 Å². The minimum Gasteiger partial charge on any atom is -0.347 e. The van der Waals surface area contributed by atoms with Gasteiger partial charge in [0.1, 0.15) is 0 Å². The van der Waals surface area contributed by atoms with Crippen LogP contribution in [0.1, 0.15) is 0 Å². The van der Waals surface area contributed by atoms with E-state index in [-0.39, 0.29) is 0 Å². The Labute approximate surface area is 147 Å². The van der Waals surface area contributed by atoms with E-state index in [1.54, 1.807) is 0 Å². The van der Waals surface area contributed by atoms with Crippen LogP contribution in [-0.2, 0) is 0 Å². The second kappa shape index (κ2) is 7.28. The Bertz CT molecular complexity index is 613. The zero-order valence-corrected chi connectivity index (χ0v) is 16.0. The van der Waals surface area contributed by atoms with Gasteiger partial charge in [0.05, 0.1) is 0 Å². The molecule has 1 N–H and O–H groups in total. The van der Waals surface area contributed by atoms with Crippen LogP contribution in [-0.4, -0.2) is 86.3 Å². The molecule has 136 valence electrons. The lowest BCUT2D eigenvalue weighted by molar-refractivity contribution is 0.901. The topological polar surface area (TPSA) is 102 Å². The molecule has 0 saturated heterocycles. The molecule has 0 atom stereocenters. The highest BCUT2D eigenvalue weighted by Gasteiger charge is 2.14. The van der Waals surface area contributed by atoms with Gasteiger partial charge >= 0.3 is 0 Å². The van der Waals surface area contributed by atoms with E-state index in [0.29, 0.717) is 35.7 Å². The van der Waals surface area contributed by atoms with Gasteiger partial charge in [0.25, 0.3) is 0 Å². The first-order valence-electron chi connectivity index (χ1n) is 7.66. The number of aromatic nitrogens is 6. The van der Waals surface area contributed by atoms with Crippen LogP contribution in [0.3, 0.4) is 0 Å². The predicted molar refractivity (Wildman–Crippen MR) is 100 cm³/mol. The van der Waals surface area contributed by atoms with Crippen LogP contribution in [0.15, 0.2) is 0 Å². The van der Waals surface area contributed by atoms with E-state index in [1.165, 1.54) is 0 Å². The molecular formula is C14H25N11. The van der Waals surface area contributed by atoms with Crippen LogP contribution in [0.2, 0.25) is 0 Å². The lowest BCUT2D eigenvalue weighted by Crippen LogP contribution is -2.21. The summed E-state index contributed by atoms with van der Waals surface area (Å²) in [6, 6.07) is 0. The van der Waals surface area contributed by atoms with E-state index in [2.05, 4.69) is 35.2 Å². The fourth-order valence-corrected chi connectivity index (χ4v) is 1.72. The van der Waals surface area contributed by atoms with Gasteiger partial charge in [-0.2, -0.15) is 29.9 Å². The van der Waals surface area contributed by atoms with Gasteiger partial charge in [-0.3, -0.25) is 5.32 Å². The number of nitrogens with one attached hydrogen (secondary N) is 1. The van der Waals surface area contributed by atoms with Gasteiger partial charge in [-0.05, 0) is 0 Å². The molecule has 0 aliphatic rings. The summed E-state index contributed by atoms with van der Waals surface area (Å²) >= 11 is 0. The highest BCUT2D eigenvalue weighted by atomic mass is 15.4. The second-order valence-corrected chi connectivity index (χ2v) is 6.22. The summed E-state index contributed by atoms with van der Waals surface area (Å²) in [4.78, 5) is 33.6. The average Bonchev–Trinajstić information content (AvgIpc) is 2.53. The smallest absolute Gasteiger partial charge is 0.236 e. The minimum absolute atomic E-state index is 0.364. The molecule has 0 aliphatic carbocycles. The minimum atomic E-state index is 0.364. The van der Waals surface area contributed by atoms with Gasteiger partial charge in [0.2, 0.25) is 35.7 Å². The van der Waals surface area contributed by atoms with Crippen molar-refractivity contribution in [1.29, 1.82) is 0 Å². The van der Waals surface area contributed by atoms with Gasteiger partial charge in [-0.15, -0.1) is 0 Å². The van der Waals surface area contributed by atoms with Crippen molar-refractivity contribution in [3.8, 4) is 0 Å². The summed E-state index contributed by atoms with van der Waals surface area (Å²) in [5, 5.41) is 3.05. The van der Waals surface area contributed by atoms with E-state index in [0.717, 1.165) is 0 Å². The Kier molecular flexibility index (Phi) is 5.35. The number of nitrogens with zero attached hydrogens (tertiary/aromatic N) is 10. The number of rotatable bonds is 6. The van der Waals surface area contributed by atoms with E-state index >= 15 is 0 Å². The normalized spacial score (nSPS) is 10.4. The summed E-state index contributed by atoms with van der Waals surface area (Å²) in [7, 11) is 15.0. The molecule has 0 unspecified atom stereocenters. The van der Waals surface area contributed by atoms with Crippen molar-refractivity contribution in [2.24, 2.45) is 0 Å². The summed E-state index contributed by atoms with van der Waals surface area (Å²) in [6.07, 6.45) is 0. The van der Waals surface area contributed by atoms with Crippen LogP contribution in [0.25, 0.3) is 0 Å². The lowest BCUT2D eigenvalue weighted by atomic mass is 10.7. The first-order chi connectivity index (χ1) is 11.7. The van der Waals surface area contributed by atoms with Gasteiger partial charge in [-0.25, -0.2) is 0 Å². The maximum atomic E-state index is 4.40. The first kappa shape index (κ1) is 18.4. The molecule has 0 amide bonds. The molecule has 25 heavy (non-hydrogen) atoms. The van der Waals surface area contributed by atoms with Crippen molar-refractivity contribution in [3.63, 3.8) is 0 Å². The Morgan fingerprint density at radius 2 is 0.680 bits per heavy atom. The second-order valence-electron chi connectivity index (χ2n) is 6.22. The van der Waals surface area contributed by atoms with E-state index in [1.807, 2.05) is 76.0 Å². The molecule has 0 spiro atoms. The Morgan fingerprint density at radius 1 is 0.440 bits per heavy atom. The summed E-state index contributed by atoms with van der Waals surface area (Å²) in [5.74, 6) is 2.88. The number of hydrogen-bond acceptors (Lipinski definition) is 11. The molecule has 0 radical (unpaired) electrons. The largest absolute Gasteiger partial charge is 0.347 e. The molecule has 0 fully saturated rings. The van der Waals surface area contributed by atoms with E-state index in [9.17, 15) is 0 Å². The Morgan fingerprint density at radius 3 is 0.880 bits per heavy atom. The molecule has 2 rings (SSSR count). The van der Waals surface area contributed by atoms with Crippen molar-refractivity contribution < 1.29 is 0 Å². The Hall–Kier alpha value is -2.98. The fraction of sp³-hybridized carbons (Fsp3) is 0.571. The van der Waals surface area contributed by atoms with Gasteiger partial charge in [0, 0.05) is 56.4 Å². The zero-order valence-electron chi connectivity index (χ0n) is 16.0. The summed E-state index contributed by atoms with van der Waals surface area (Å²) in [6.45, 7) is 0. The molecule has 2 heterocycles. The maximum Gasteiger partial charge on any atom is 0.236 e. The molecule has 0 aliphatic heterocycles. The summed E-state index contributed by atoms with van der Waals surface area (Å²) in [5.41, 5.74) is 0. The SMILES string of the molecule is CN(C)c1nc(Nc2nc(N(C)C)nc(N(C)C)n2)nc(N(C)C)n1. The van der Waals surface area contributed by atoms with Crippen LogP contribution in [0.5, 0.6) is 0 Å². The maximum absolute atomic E-state index is 4.40. The highest BCUT2D eigenvalue weighted by Crippen LogP contribution is 2.18. The van der Waals surface area contributed by atoms with Gasteiger partial charge < -0.3 is 19.6 Å². The van der Waals surface area contributed by atoms with E-state index in [4.69, 9.17) is 0 Å². The molecule has 0 bridgehead atoms. The average molecular weight is 347 g/mol. The molecule has 11 heteroatoms.